The van der Waals surface area contributed by atoms with Crippen molar-refractivity contribution in [3.8, 4) is 0 Å². The quantitative estimate of drug-likeness (QED) is 0.449. The summed E-state index contributed by atoms with van der Waals surface area (Å²) in [6, 6.07) is 0. The molecule has 0 radical (unpaired) electrons. The molecule has 0 saturated heterocycles. The zero-order valence-corrected chi connectivity index (χ0v) is 4.23. The number of nitrogens with one attached hydrogen (secondary N) is 1. The first-order chi connectivity index (χ1) is 3.72. The van der Waals surface area contributed by atoms with E-state index in [4.69, 9.17) is 1.41 Å². The van der Waals surface area contributed by atoms with E-state index in [0.29, 0.717) is 5.31 Å². The van der Waals surface area contributed by atoms with Crippen LogP contribution in [0.3, 0.4) is 0 Å². The molecule has 0 aromatic carbocycles. The highest BCUT2D eigenvalue weighted by molar-refractivity contribution is 7.80. The Labute approximate surface area is 47.7 Å². The molecule has 36 valence electrons. The maximum atomic E-state index is 10.3. The van der Waals surface area contributed by atoms with Gasteiger partial charge in [-0.15, -0.1) is 0 Å². The topological polar surface area (TPSA) is 29.1 Å². The summed E-state index contributed by atoms with van der Waals surface area (Å²) < 4.78 is 6.82. The molecule has 0 aromatic heterocycles. The Balaban J connectivity index is 2.84. The predicted molar refractivity (Wildman–Crippen MR) is 29.9 cm³/mol. The van der Waals surface area contributed by atoms with Gasteiger partial charge in [0.1, 0.15) is 4.99 Å². The Morgan fingerprint density at radius 1 is 1.86 bits per heavy atom. The highest BCUT2D eigenvalue weighted by Gasteiger charge is 2.03. The van der Waals surface area contributed by atoms with Crippen molar-refractivity contribution >= 4 is 23.1 Å². The van der Waals surface area contributed by atoms with Crippen LogP contribution in [-0.2, 0) is 4.79 Å². The summed E-state index contributed by atoms with van der Waals surface area (Å²) in [6.07, 6.45) is 2.71. The molecule has 0 unspecified atom stereocenters. The molecule has 0 aliphatic carbocycles. The zero-order chi connectivity index (χ0) is 6.15. The van der Waals surface area contributed by atoms with Crippen molar-refractivity contribution in [2.75, 3.05) is 0 Å². The second kappa shape index (κ2) is 1.42. The van der Waals surface area contributed by atoms with Crippen LogP contribution in [0.5, 0.6) is 0 Å². The average Bonchev–Trinajstić information content (AvgIpc) is 1.98. The molecule has 0 atom stereocenters. The van der Waals surface area contributed by atoms with Crippen LogP contribution < -0.4 is 5.31 Å². The summed E-state index contributed by atoms with van der Waals surface area (Å²) in [5, 5.41) is 0.676. The van der Waals surface area contributed by atoms with Crippen molar-refractivity contribution in [3.63, 3.8) is 0 Å². The lowest BCUT2D eigenvalue weighted by molar-refractivity contribution is -0.114. The van der Waals surface area contributed by atoms with E-state index >= 15 is 0 Å². The Hall–Kier alpha value is -0.700. The minimum absolute atomic E-state index is 0.259. The van der Waals surface area contributed by atoms with Crippen LogP contribution in [0.1, 0.15) is 0 Å². The minimum atomic E-state index is -0.366. The lowest BCUT2D eigenvalue weighted by Crippen LogP contribution is -2.18. The molecule has 0 fully saturated rings. The van der Waals surface area contributed by atoms with E-state index in [1.54, 1.807) is 0 Å². The standard InChI is InChI=1S/C4H3NOS/c6-3-1-2-4(7)5-3/h1-2H,(H,5,6,7)/i/hD. The molecule has 1 aliphatic heterocycles. The Morgan fingerprint density at radius 3 is 2.71 bits per heavy atom. The number of hydrogen-bond donors (Lipinski definition) is 1. The molecule has 1 amide bonds. The first kappa shape index (κ1) is 3.32. The van der Waals surface area contributed by atoms with Gasteiger partial charge in [-0.2, -0.15) is 0 Å². The minimum Gasteiger partial charge on any atom is -0.313 e. The number of rotatable bonds is 0. The van der Waals surface area contributed by atoms with Gasteiger partial charge in [-0.1, -0.05) is 12.2 Å². The molecule has 3 heteroatoms. The van der Waals surface area contributed by atoms with Gasteiger partial charge in [0.25, 0.3) is 0 Å². The monoisotopic (exact) mass is 114 g/mol. The average molecular weight is 114 g/mol. The third-order valence-corrected chi connectivity index (χ3v) is 0.816. The van der Waals surface area contributed by atoms with Gasteiger partial charge in [0.15, 0.2) is 1.41 Å². The second-order valence-electron chi connectivity index (χ2n) is 1.12. The third kappa shape index (κ3) is 0.838. The van der Waals surface area contributed by atoms with Gasteiger partial charge in [0, 0.05) is 6.08 Å². The van der Waals surface area contributed by atoms with Crippen molar-refractivity contribution in [1.29, 1.82) is 0 Å². The highest BCUT2D eigenvalue weighted by Crippen LogP contribution is 1.85. The molecule has 0 saturated carbocycles. The number of thiocarbonyl (C=S) groups is 1. The summed E-state index contributed by atoms with van der Waals surface area (Å²) in [5.74, 6) is -0.366. The fourth-order valence-corrected chi connectivity index (χ4v) is 0.484. The Morgan fingerprint density at radius 2 is 2.57 bits per heavy atom. The van der Waals surface area contributed by atoms with Crippen LogP contribution in [-0.4, -0.2) is 10.9 Å². The molecule has 0 bridgehead atoms. The molecule has 1 heterocycles. The number of hydrogen-bond acceptors (Lipinski definition) is 2. The lowest BCUT2D eigenvalue weighted by atomic mass is 10.6. The summed E-state index contributed by atoms with van der Waals surface area (Å²) in [4.78, 5) is 10.6. The Kier molecular flexibility index (Phi) is 0.675. The van der Waals surface area contributed by atoms with E-state index in [0.717, 1.165) is 0 Å². The molecule has 1 aliphatic rings. The van der Waals surface area contributed by atoms with E-state index in [1.807, 2.05) is 0 Å². The summed E-state index contributed by atoms with van der Waals surface area (Å²) in [6.45, 7) is 0. The van der Waals surface area contributed by atoms with Crippen LogP contribution >= 0.6 is 12.2 Å². The van der Waals surface area contributed by atoms with Gasteiger partial charge in [0.2, 0.25) is 5.91 Å². The molecule has 0 spiro atoms. The van der Waals surface area contributed by atoms with Crippen molar-refractivity contribution < 1.29 is 6.21 Å². The van der Waals surface area contributed by atoms with Crippen molar-refractivity contribution in [3.05, 3.63) is 12.2 Å². The van der Waals surface area contributed by atoms with Crippen molar-refractivity contribution in [2.24, 2.45) is 0 Å². The molecular formula is C4H3NOS. The van der Waals surface area contributed by atoms with Gasteiger partial charge in [-0.25, -0.2) is 0 Å². The van der Waals surface area contributed by atoms with E-state index in [-0.39, 0.29) is 10.9 Å². The molecule has 0 aromatic rings. The molecule has 1 N–H and O–H groups in total. The predicted octanol–water partition coefficient (Wildman–Crippen LogP) is -0.000200. The van der Waals surface area contributed by atoms with E-state index < -0.39 is 0 Å². The van der Waals surface area contributed by atoms with Gasteiger partial charge in [-0.3, -0.25) is 4.79 Å². The van der Waals surface area contributed by atoms with Crippen molar-refractivity contribution in [1.82, 2.24) is 5.31 Å². The molecular weight excluding hydrogens is 110 g/mol. The fourth-order valence-electron chi connectivity index (χ4n) is 0.326. The van der Waals surface area contributed by atoms with Gasteiger partial charge >= 0.3 is 0 Å². The zero-order valence-electron chi connectivity index (χ0n) is 4.42. The molecule has 2 nitrogen and oxygen atoms in total. The maximum Gasteiger partial charge on any atom is 0.249 e. The number of carbonyl (C=O) groups excluding carboxylic acids is 1. The van der Waals surface area contributed by atoms with Crippen LogP contribution in [0.15, 0.2) is 12.2 Å². The number of amides is 1. The second-order valence-corrected chi connectivity index (χ2v) is 1.54. The smallest absolute Gasteiger partial charge is 0.249 e. The van der Waals surface area contributed by atoms with E-state index in [9.17, 15) is 4.79 Å². The van der Waals surface area contributed by atoms with E-state index in [1.165, 1.54) is 12.2 Å². The Bertz CT molecular complexity index is 159. The normalized spacial score (nSPS) is 21.1. The van der Waals surface area contributed by atoms with Crippen LogP contribution in [0.25, 0.3) is 0 Å². The number of carbonyl (C=O) groups is 1. The van der Waals surface area contributed by atoms with Crippen LogP contribution in [0, 0.1) is 0 Å². The fraction of sp³-hybridized carbons (Fsp3) is 0. The maximum absolute atomic E-state index is 10.3. The molecule has 1 rings (SSSR count). The van der Waals surface area contributed by atoms with Crippen LogP contribution in [0.4, 0.5) is 0 Å². The largest absolute Gasteiger partial charge is 0.313 e. The van der Waals surface area contributed by atoms with Gasteiger partial charge in [-0.05, 0) is 6.08 Å². The van der Waals surface area contributed by atoms with Gasteiger partial charge in [0.05, 0.1) is 0 Å². The summed E-state index contributed by atoms with van der Waals surface area (Å²) in [5.41, 5.74) is 0. The first-order valence-corrected chi connectivity index (χ1v) is 2.17. The van der Waals surface area contributed by atoms with Gasteiger partial charge < -0.3 is 5.31 Å². The first-order valence-electron chi connectivity index (χ1n) is 2.21. The third-order valence-electron chi connectivity index (χ3n) is 0.589. The SMILES string of the molecule is [2H]N1C(=O)C=CC1=S. The summed E-state index contributed by atoms with van der Waals surface area (Å²) in [7, 11) is 0. The van der Waals surface area contributed by atoms with Crippen LogP contribution in [0.2, 0.25) is 1.41 Å². The lowest BCUT2D eigenvalue weighted by Gasteiger charge is -1.83. The molecule has 7 heavy (non-hydrogen) atoms. The van der Waals surface area contributed by atoms with Crippen molar-refractivity contribution in [2.45, 2.75) is 0 Å². The van der Waals surface area contributed by atoms with E-state index in [2.05, 4.69) is 12.2 Å². The highest BCUT2D eigenvalue weighted by atomic mass is 32.1. The summed E-state index contributed by atoms with van der Waals surface area (Å²) >= 11 is 4.55.